The van der Waals surface area contributed by atoms with Gasteiger partial charge in [0.05, 0.1) is 14.2 Å². The molecule has 1 saturated heterocycles. The molecule has 1 fully saturated rings. The summed E-state index contributed by atoms with van der Waals surface area (Å²) in [4.78, 5) is 23.6. The average Bonchev–Trinajstić information content (AvgIpc) is 2.73. The zero-order valence-corrected chi connectivity index (χ0v) is 11.3. The van der Waals surface area contributed by atoms with E-state index in [4.69, 9.17) is 9.47 Å². The maximum atomic E-state index is 11.9. The van der Waals surface area contributed by atoms with Crippen LogP contribution in [0, 0.1) is 5.92 Å². The molecular weight excluding hydrogens is 258 g/mol. The number of benzene rings is 1. The fraction of sp³-hybridized carbons (Fsp3) is 0.200. The molecule has 0 unspecified atom stereocenters. The summed E-state index contributed by atoms with van der Waals surface area (Å²) < 4.78 is 9.77. The van der Waals surface area contributed by atoms with Crippen molar-refractivity contribution in [2.24, 2.45) is 5.92 Å². The molecule has 0 aromatic heterocycles. The van der Waals surface area contributed by atoms with Gasteiger partial charge in [0.15, 0.2) is 0 Å². The smallest absolute Gasteiger partial charge is 0.319 e. The zero-order chi connectivity index (χ0) is 14.7. The first-order valence-corrected chi connectivity index (χ1v) is 6.00. The van der Waals surface area contributed by atoms with E-state index in [1.165, 1.54) is 7.11 Å². The lowest BCUT2D eigenvalue weighted by molar-refractivity contribution is -0.142. The van der Waals surface area contributed by atoms with Crippen LogP contribution in [0.1, 0.15) is 5.56 Å². The Kier molecular flexibility index (Phi) is 3.89. The summed E-state index contributed by atoms with van der Waals surface area (Å²) in [5.74, 6) is -0.888. The Morgan fingerprint density at radius 3 is 2.50 bits per heavy atom. The van der Waals surface area contributed by atoms with Gasteiger partial charge in [-0.3, -0.25) is 9.59 Å². The van der Waals surface area contributed by atoms with E-state index in [9.17, 15) is 9.59 Å². The Morgan fingerprint density at radius 1 is 1.30 bits per heavy atom. The van der Waals surface area contributed by atoms with E-state index in [2.05, 4.69) is 11.9 Å². The number of nitrogens with one attached hydrogen (secondary N) is 1. The van der Waals surface area contributed by atoms with Gasteiger partial charge in [0, 0.05) is 11.3 Å². The molecule has 5 heteroatoms. The fourth-order valence-electron chi connectivity index (χ4n) is 2.02. The largest absolute Gasteiger partial charge is 0.497 e. The number of hydrogen-bond acceptors (Lipinski definition) is 4. The van der Waals surface area contributed by atoms with E-state index in [0.29, 0.717) is 11.3 Å². The Hall–Kier alpha value is -2.56. The van der Waals surface area contributed by atoms with Crippen molar-refractivity contribution >= 4 is 18.0 Å². The van der Waals surface area contributed by atoms with Crippen LogP contribution >= 0.6 is 0 Å². The molecule has 0 radical (unpaired) electrons. The van der Waals surface area contributed by atoms with Crippen LogP contribution in [-0.2, 0) is 14.3 Å². The topological polar surface area (TPSA) is 64.6 Å². The first-order valence-electron chi connectivity index (χ1n) is 6.00. The standard InChI is InChI=1S/C15H15NO4/c1-9-13(15(18)20-3)12(14(17)16-9)8-10-4-6-11(19-2)7-5-10/h4-8,13H,1H2,2-3H3,(H,16,17)/b12-8+/t13-/m1/s1. The van der Waals surface area contributed by atoms with Crippen molar-refractivity contribution in [3.63, 3.8) is 0 Å². The second-order valence-electron chi connectivity index (χ2n) is 4.31. The summed E-state index contributed by atoms with van der Waals surface area (Å²) in [6.45, 7) is 3.68. The highest BCUT2D eigenvalue weighted by Gasteiger charge is 2.37. The number of hydrogen-bond donors (Lipinski definition) is 1. The molecule has 0 bridgehead atoms. The molecule has 1 aromatic rings. The third-order valence-corrected chi connectivity index (χ3v) is 3.07. The van der Waals surface area contributed by atoms with Gasteiger partial charge in [0.1, 0.15) is 11.7 Å². The van der Waals surface area contributed by atoms with Gasteiger partial charge in [-0.15, -0.1) is 0 Å². The molecule has 1 amide bonds. The molecule has 2 rings (SSSR count). The van der Waals surface area contributed by atoms with Crippen LogP contribution in [0.3, 0.4) is 0 Å². The maximum Gasteiger partial charge on any atom is 0.319 e. The Morgan fingerprint density at radius 2 is 1.95 bits per heavy atom. The number of ether oxygens (including phenoxy) is 2. The van der Waals surface area contributed by atoms with Crippen LogP contribution in [0.15, 0.2) is 42.1 Å². The average molecular weight is 273 g/mol. The van der Waals surface area contributed by atoms with Crippen LogP contribution in [0.4, 0.5) is 0 Å². The van der Waals surface area contributed by atoms with Gasteiger partial charge in [-0.2, -0.15) is 0 Å². The quantitative estimate of drug-likeness (QED) is 0.669. The van der Waals surface area contributed by atoms with Crippen LogP contribution < -0.4 is 10.1 Å². The third-order valence-electron chi connectivity index (χ3n) is 3.07. The van der Waals surface area contributed by atoms with Gasteiger partial charge < -0.3 is 14.8 Å². The molecule has 0 spiro atoms. The van der Waals surface area contributed by atoms with Crippen molar-refractivity contribution in [1.29, 1.82) is 0 Å². The molecule has 1 aromatic carbocycles. The Bertz CT molecular complexity index is 586. The SMILES string of the molecule is C=C1NC(=O)/C(=C/c2ccc(OC)cc2)[C@@H]1C(=O)OC. The lowest BCUT2D eigenvalue weighted by Gasteiger charge is -2.08. The highest BCUT2D eigenvalue weighted by Crippen LogP contribution is 2.28. The highest BCUT2D eigenvalue weighted by molar-refractivity contribution is 6.08. The number of carbonyl (C=O) groups is 2. The predicted octanol–water partition coefficient (Wildman–Crippen LogP) is 1.51. The summed E-state index contributed by atoms with van der Waals surface area (Å²) in [5, 5.41) is 2.55. The van der Waals surface area contributed by atoms with Crippen LogP contribution in [0.25, 0.3) is 6.08 Å². The molecule has 1 atom stereocenters. The minimum Gasteiger partial charge on any atom is -0.497 e. The molecule has 1 heterocycles. The summed E-state index contributed by atoms with van der Waals surface area (Å²) in [6.07, 6.45) is 1.65. The predicted molar refractivity (Wildman–Crippen MR) is 73.8 cm³/mol. The molecule has 1 N–H and O–H groups in total. The second kappa shape index (κ2) is 5.61. The minimum absolute atomic E-state index is 0.326. The molecule has 0 aliphatic carbocycles. The highest BCUT2D eigenvalue weighted by atomic mass is 16.5. The van der Waals surface area contributed by atoms with Crippen molar-refractivity contribution in [1.82, 2.24) is 5.32 Å². The Balaban J connectivity index is 2.36. The maximum absolute atomic E-state index is 11.9. The molecular formula is C15H15NO4. The van der Waals surface area contributed by atoms with Gasteiger partial charge >= 0.3 is 5.97 Å². The first-order chi connectivity index (χ1) is 9.56. The van der Waals surface area contributed by atoms with E-state index in [-0.39, 0.29) is 5.91 Å². The number of carbonyl (C=O) groups excluding carboxylic acids is 2. The second-order valence-corrected chi connectivity index (χ2v) is 4.31. The van der Waals surface area contributed by atoms with Gasteiger partial charge in [-0.05, 0) is 23.8 Å². The lowest BCUT2D eigenvalue weighted by Crippen LogP contribution is -2.17. The first kappa shape index (κ1) is 13.9. The minimum atomic E-state index is -0.769. The van der Waals surface area contributed by atoms with E-state index < -0.39 is 11.9 Å². The molecule has 20 heavy (non-hydrogen) atoms. The monoisotopic (exact) mass is 273 g/mol. The third kappa shape index (κ3) is 2.56. The fourth-order valence-corrected chi connectivity index (χ4v) is 2.02. The number of amides is 1. The summed E-state index contributed by atoms with van der Waals surface area (Å²) in [5.41, 5.74) is 1.45. The zero-order valence-electron chi connectivity index (χ0n) is 11.3. The van der Waals surface area contributed by atoms with Gasteiger partial charge in [0.25, 0.3) is 5.91 Å². The summed E-state index contributed by atoms with van der Waals surface area (Å²) in [7, 11) is 2.86. The van der Waals surface area contributed by atoms with Crippen molar-refractivity contribution in [2.45, 2.75) is 0 Å². The van der Waals surface area contributed by atoms with Crippen molar-refractivity contribution in [3.8, 4) is 5.75 Å². The molecule has 104 valence electrons. The Labute approximate surface area is 116 Å². The molecule has 1 aliphatic rings. The van der Waals surface area contributed by atoms with Crippen LogP contribution in [0.5, 0.6) is 5.75 Å². The summed E-state index contributed by atoms with van der Waals surface area (Å²) in [6, 6.07) is 7.16. The molecule has 0 saturated carbocycles. The van der Waals surface area contributed by atoms with E-state index in [1.54, 1.807) is 37.5 Å². The number of esters is 1. The van der Waals surface area contributed by atoms with Gasteiger partial charge in [-0.25, -0.2) is 0 Å². The van der Waals surface area contributed by atoms with Crippen molar-refractivity contribution in [2.75, 3.05) is 14.2 Å². The van der Waals surface area contributed by atoms with E-state index in [1.807, 2.05) is 0 Å². The lowest BCUT2D eigenvalue weighted by atomic mass is 9.98. The van der Waals surface area contributed by atoms with Crippen molar-refractivity contribution < 1.29 is 19.1 Å². The number of rotatable bonds is 3. The normalized spacial score (nSPS) is 19.9. The van der Waals surface area contributed by atoms with Gasteiger partial charge in [-0.1, -0.05) is 18.7 Å². The van der Waals surface area contributed by atoms with Crippen LogP contribution in [0.2, 0.25) is 0 Å². The van der Waals surface area contributed by atoms with E-state index in [0.717, 1.165) is 11.3 Å². The molecule has 5 nitrogen and oxygen atoms in total. The molecule has 1 aliphatic heterocycles. The van der Waals surface area contributed by atoms with Crippen molar-refractivity contribution in [3.05, 3.63) is 47.7 Å². The van der Waals surface area contributed by atoms with Crippen LogP contribution in [-0.4, -0.2) is 26.1 Å². The number of methoxy groups -OCH3 is 2. The van der Waals surface area contributed by atoms with Gasteiger partial charge in [0.2, 0.25) is 0 Å². The summed E-state index contributed by atoms with van der Waals surface area (Å²) >= 11 is 0. The van der Waals surface area contributed by atoms with E-state index >= 15 is 0 Å².